The first kappa shape index (κ1) is 23.3. The fourth-order valence-electron chi connectivity index (χ4n) is 5.10. The van der Waals surface area contributed by atoms with Gasteiger partial charge in [0.05, 0.1) is 0 Å². The molecule has 0 N–H and O–H groups in total. The van der Waals surface area contributed by atoms with Crippen molar-refractivity contribution in [2.75, 3.05) is 32.7 Å². The molecule has 0 aliphatic carbocycles. The zero-order valence-electron chi connectivity index (χ0n) is 17.7. The highest BCUT2D eigenvalue weighted by Crippen LogP contribution is 2.35. The molecule has 0 aliphatic heterocycles. The van der Waals surface area contributed by atoms with Crippen molar-refractivity contribution in [2.45, 2.75) is 86.5 Å². The van der Waals surface area contributed by atoms with Gasteiger partial charge in [0.1, 0.15) is 0 Å². The van der Waals surface area contributed by atoms with E-state index in [1.165, 1.54) is 56.9 Å². The van der Waals surface area contributed by atoms with Gasteiger partial charge in [-0.2, -0.15) is 0 Å². The SMILES string of the molecule is CCN(CC)[Si](CC)(CC)N(CC)[Si](CC)(CC)N(CC)CC. The van der Waals surface area contributed by atoms with E-state index in [1.54, 1.807) is 0 Å². The van der Waals surface area contributed by atoms with Crippen LogP contribution in [0.15, 0.2) is 0 Å². The average molecular weight is 360 g/mol. The topological polar surface area (TPSA) is 9.72 Å². The van der Waals surface area contributed by atoms with Crippen molar-refractivity contribution in [3.8, 4) is 0 Å². The van der Waals surface area contributed by atoms with Crippen molar-refractivity contribution in [1.29, 1.82) is 0 Å². The summed E-state index contributed by atoms with van der Waals surface area (Å²) in [4.78, 5) is 0. The Bertz CT molecular complexity index is 269. The maximum absolute atomic E-state index is 3.12. The Hall–Kier alpha value is 0.314. The molecule has 140 valence electrons. The van der Waals surface area contributed by atoms with Crippen LogP contribution in [0, 0.1) is 0 Å². The molecule has 0 aromatic carbocycles. The lowest BCUT2D eigenvalue weighted by atomic mass is 10.7. The largest absolute Gasteiger partial charge is 0.321 e. The van der Waals surface area contributed by atoms with E-state index in [0.717, 1.165) is 0 Å². The van der Waals surface area contributed by atoms with Crippen LogP contribution in [0.3, 0.4) is 0 Å². The summed E-state index contributed by atoms with van der Waals surface area (Å²) in [7, 11) is -3.18. The molecule has 0 unspecified atom stereocenters. The van der Waals surface area contributed by atoms with Crippen LogP contribution in [-0.2, 0) is 0 Å². The van der Waals surface area contributed by atoms with Crippen molar-refractivity contribution in [3.63, 3.8) is 0 Å². The van der Waals surface area contributed by atoms with E-state index < -0.39 is 16.8 Å². The molecule has 5 heteroatoms. The predicted octanol–water partition coefficient (Wildman–Crippen LogP) is 4.96. The van der Waals surface area contributed by atoms with E-state index in [1.807, 2.05) is 0 Å². The Morgan fingerprint density at radius 1 is 0.435 bits per heavy atom. The molecule has 3 nitrogen and oxygen atoms in total. The summed E-state index contributed by atoms with van der Waals surface area (Å²) in [5.74, 6) is 0. The molecule has 0 rings (SSSR count). The summed E-state index contributed by atoms with van der Waals surface area (Å²) in [6.45, 7) is 27.8. The van der Waals surface area contributed by atoms with Gasteiger partial charge in [0.25, 0.3) is 0 Å². The lowest BCUT2D eigenvalue weighted by molar-refractivity contribution is 0.359. The van der Waals surface area contributed by atoms with E-state index in [2.05, 4.69) is 75.7 Å². The second-order valence-electron chi connectivity index (χ2n) is 6.47. The van der Waals surface area contributed by atoms with Crippen LogP contribution < -0.4 is 0 Å². The molecule has 0 bridgehead atoms. The van der Waals surface area contributed by atoms with Crippen molar-refractivity contribution in [3.05, 3.63) is 0 Å². The summed E-state index contributed by atoms with van der Waals surface area (Å²) in [5, 5.41) is 0. The quantitative estimate of drug-likeness (QED) is 0.430. The van der Waals surface area contributed by atoms with Crippen LogP contribution in [-0.4, -0.2) is 62.9 Å². The fourth-order valence-corrected chi connectivity index (χ4v) is 19.5. The zero-order chi connectivity index (χ0) is 18.1. The maximum Gasteiger partial charge on any atom is 0.200 e. The third-order valence-electron chi connectivity index (χ3n) is 6.29. The van der Waals surface area contributed by atoms with Crippen LogP contribution in [0.2, 0.25) is 24.2 Å². The summed E-state index contributed by atoms with van der Waals surface area (Å²) >= 11 is 0. The first-order chi connectivity index (χ1) is 11.0. The molecule has 0 amide bonds. The molecule has 0 aromatic rings. The lowest BCUT2D eigenvalue weighted by Gasteiger charge is -2.58. The van der Waals surface area contributed by atoms with Crippen LogP contribution in [0.5, 0.6) is 0 Å². The highest BCUT2D eigenvalue weighted by Gasteiger charge is 2.52. The van der Waals surface area contributed by atoms with Crippen molar-refractivity contribution >= 4 is 16.8 Å². The average Bonchev–Trinajstić information content (AvgIpc) is 2.60. The molecule has 0 heterocycles. The second-order valence-corrected chi connectivity index (χ2v) is 16.0. The van der Waals surface area contributed by atoms with Gasteiger partial charge in [-0.05, 0) is 56.9 Å². The van der Waals surface area contributed by atoms with E-state index in [4.69, 9.17) is 0 Å². The monoisotopic (exact) mass is 359 g/mol. The highest BCUT2D eigenvalue weighted by molar-refractivity contribution is 6.90. The van der Waals surface area contributed by atoms with E-state index in [0.29, 0.717) is 0 Å². The number of nitrogens with zero attached hydrogens (tertiary/aromatic N) is 3. The van der Waals surface area contributed by atoms with E-state index in [9.17, 15) is 0 Å². The van der Waals surface area contributed by atoms with Gasteiger partial charge in [0.15, 0.2) is 0 Å². The Morgan fingerprint density at radius 2 is 0.696 bits per heavy atom. The van der Waals surface area contributed by atoms with Gasteiger partial charge in [0, 0.05) is 0 Å². The van der Waals surface area contributed by atoms with Crippen molar-refractivity contribution < 1.29 is 0 Å². The van der Waals surface area contributed by atoms with Gasteiger partial charge >= 0.3 is 0 Å². The predicted molar refractivity (Wildman–Crippen MR) is 112 cm³/mol. The minimum absolute atomic E-state index is 1.21. The van der Waals surface area contributed by atoms with Gasteiger partial charge in [0.2, 0.25) is 16.8 Å². The van der Waals surface area contributed by atoms with E-state index in [-0.39, 0.29) is 0 Å². The van der Waals surface area contributed by atoms with Gasteiger partial charge in [-0.1, -0.05) is 62.3 Å². The Labute approximate surface area is 149 Å². The minimum atomic E-state index is -1.59. The first-order valence-corrected chi connectivity index (χ1v) is 14.9. The molecule has 0 atom stereocenters. The summed E-state index contributed by atoms with van der Waals surface area (Å²) in [6.07, 6.45) is 0. The third-order valence-corrected chi connectivity index (χ3v) is 19.6. The molecular weight excluding hydrogens is 314 g/mol. The molecule has 0 saturated heterocycles. The van der Waals surface area contributed by atoms with E-state index >= 15 is 0 Å². The first-order valence-electron chi connectivity index (χ1n) is 10.3. The molecule has 0 fully saturated rings. The van der Waals surface area contributed by atoms with Gasteiger partial charge in [-0.25, -0.2) is 0 Å². The number of rotatable bonds is 13. The molecule has 0 radical (unpaired) electrons. The standard InChI is InChI=1S/C18H45N3Si2/c1-10-19(11-2)22(15-6,16-7)21(14-5)23(17-8,18-9)20(12-3)13-4/h10-18H2,1-9H3. The molecule has 23 heavy (non-hydrogen) atoms. The Morgan fingerprint density at radius 3 is 0.826 bits per heavy atom. The molecule has 0 aliphatic rings. The van der Waals surface area contributed by atoms with Crippen LogP contribution in [0.1, 0.15) is 62.3 Å². The summed E-state index contributed by atoms with van der Waals surface area (Å²) in [5.41, 5.74) is 0. The molecule has 0 spiro atoms. The van der Waals surface area contributed by atoms with Gasteiger partial charge in [-0.3, -0.25) is 0 Å². The third kappa shape index (κ3) is 4.29. The van der Waals surface area contributed by atoms with Gasteiger partial charge < -0.3 is 13.4 Å². The van der Waals surface area contributed by atoms with Crippen molar-refractivity contribution in [2.24, 2.45) is 0 Å². The summed E-state index contributed by atoms with van der Waals surface area (Å²) in [6, 6.07) is 5.42. The van der Waals surface area contributed by atoms with Crippen LogP contribution in [0.25, 0.3) is 0 Å². The normalized spacial score (nSPS) is 13.6. The second kappa shape index (κ2) is 11.0. The smallest absolute Gasteiger partial charge is 0.200 e. The molecular formula is C18H45N3Si2. The minimum Gasteiger partial charge on any atom is -0.321 e. The lowest BCUT2D eigenvalue weighted by Crippen LogP contribution is -2.77. The fraction of sp³-hybridized carbons (Fsp3) is 1.00. The molecule has 0 aromatic heterocycles. The highest BCUT2D eigenvalue weighted by atomic mass is 28.4. The summed E-state index contributed by atoms with van der Waals surface area (Å²) < 4.78 is 8.86. The number of hydrogen-bond donors (Lipinski definition) is 0. The Balaban J connectivity index is 6.21. The number of hydrogen-bond acceptors (Lipinski definition) is 3. The molecule has 0 saturated carbocycles. The zero-order valence-corrected chi connectivity index (χ0v) is 19.7. The van der Waals surface area contributed by atoms with Crippen LogP contribution in [0.4, 0.5) is 0 Å². The maximum atomic E-state index is 3.12. The Kier molecular flexibility index (Phi) is 11.2. The van der Waals surface area contributed by atoms with Crippen LogP contribution >= 0.6 is 0 Å². The van der Waals surface area contributed by atoms with Gasteiger partial charge in [-0.15, -0.1) is 0 Å². The van der Waals surface area contributed by atoms with Crippen molar-refractivity contribution in [1.82, 2.24) is 13.4 Å².